The van der Waals surface area contributed by atoms with Gasteiger partial charge in [0.2, 0.25) is 0 Å². The Morgan fingerprint density at radius 1 is 0.500 bits per heavy atom. The third-order valence-corrected chi connectivity index (χ3v) is 7.84. The van der Waals surface area contributed by atoms with Crippen molar-refractivity contribution in [2.45, 2.75) is 79.1 Å². The Balaban J connectivity index is 4.53. The number of rotatable bonds is 3. The molecule has 16 heavy (non-hydrogen) atoms. The molecule has 0 saturated carbocycles. The molecule has 0 unspecified atom stereocenters. The summed E-state index contributed by atoms with van der Waals surface area (Å²) in [7, 11) is 0. The van der Waals surface area contributed by atoms with Crippen LogP contribution in [0.25, 0.3) is 0 Å². The van der Waals surface area contributed by atoms with E-state index in [4.69, 9.17) is 9.22 Å². The molecule has 0 heterocycles. The Labute approximate surface area is 109 Å². The summed E-state index contributed by atoms with van der Waals surface area (Å²) >= 11 is -2.72. The fraction of sp³-hybridized carbons (Fsp3) is 1.00. The summed E-state index contributed by atoms with van der Waals surface area (Å²) in [6.07, 6.45) is 0. The first-order valence-electron chi connectivity index (χ1n) is 5.72. The third-order valence-electron chi connectivity index (χ3n) is 1.17. The van der Waals surface area contributed by atoms with Crippen molar-refractivity contribution in [3.63, 3.8) is 0 Å². The summed E-state index contributed by atoms with van der Waals surface area (Å²) in [4.78, 5) is 0. The van der Waals surface area contributed by atoms with Gasteiger partial charge in [0.1, 0.15) is 0 Å². The van der Waals surface area contributed by atoms with Crippen molar-refractivity contribution >= 4 is 21.0 Å². The molecule has 0 aromatic carbocycles. The summed E-state index contributed by atoms with van der Waals surface area (Å²) in [5.74, 6) is 0. The van der Waals surface area contributed by atoms with Crippen LogP contribution in [0.4, 0.5) is 0 Å². The van der Waals surface area contributed by atoms with Gasteiger partial charge >= 0.3 is 109 Å². The second-order valence-corrected chi connectivity index (χ2v) is 10.1. The van der Waals surface area contributed by atoms with Gasteiger partial charge in [0, 0.05) is 0 Å². The minimum atomic E-state index is -2.72. The van der Waals surface area contributed by atoms with Gasteiger partial charge in [-0.1, -0.05) is 0 Å². The van der Waals surface area contributed by atoms with Crippen LogP contribution >= 0.6 is 0 Å². The monoisotopic (exact) mass is 339 g/mol. The van der Waals surface area contributed by atoms with Gasteiger partial charge in [-0.25, -0.2) is 0 Å². The van der Waals surface area contributed by atoms with Gasteiger partial charge in [0.05, 0.1) is 0 Å². The summed E-state index contributed by atoms with van der Waals surface area (Å²) < 4.78 is 17.8. The van der Waals surface area contributed by atoms with Crippen LogP contribution in [0.15, 0.2) is 0 Å². The molecule has 0 spiro atoms. The van der Waals surface area contributed by atoms with Gasteiger partial charge in [-0.3, -0.25) is 0 Å². The molecule has 0 aliphatic rings. The van der Waals surface area contributed by atoms with Crippen LogP contribution in [0.3, 0.4) is 0 Å². The van der Waals surface area contributed by atoms with Gasteiger partial charge < -0.3 is 0 Å². The predicted octanol–water partition coefficient (Wildman–Crippen LogP) is 3.42. The molecule has 0 aliphatic carbocycles. The van der Waals surface area contributed by atoms with Crippen LogP contribution in [0.1, 0.15) is 62.3 Å². The van der Waals surface area contributed by atoms with E-state index < -0.39 is 21.0 Å². The summed E-state index contributed by atoms with van der Waals surface area (Å²) in [6.45, 7) is 18.3. The van der Waals surface area contributed by atoms with E-state index in [1.807, 2.05) is 62.3 Å². The maximum atomic E-state index is 5.94. The van der Waals surface area contributed by atoms with Crippen molar-refractivity contribution in [3.8, 4) is 0 Å². The molecular weight excluding hydrogens is 311 g/mol. The molecule has 0 amide bonds. The van der Waals surface area contributed by atoms with Crippen LogP contribution in [0.5, 0.6) is 0 Å². The van der Waals surface area contributed by atoms with E-state index in [1.165, 1.54) is 0 Å². The standard InChI is InChI=1S/3C4H9O.Sn/c3*1-4(2,3)5;/h3*1-3H3;/q3*-1;+2. The Morgan fingerprint density at radius 3 is 0.812 bits per heavy atom. The van der Waals surface area contributed by atoms with Crippen LogP contribution in [-0.4, -0.2) is 37.8 Å². The van der Waals surface area contributed by atoms with Crippen LogP contribution in [0.2, 0.25) is 0 Å². The van der Waals surface area contributed by atoms with E-state index in [9.17, 15) is 0 Å². The van der Waals surface area contributed by atoms with Gasteiger partial charge in [-0.15, -0.1) is 0 Å². The Morgan fingerprint density at radius 2 is 0.688 bits per heavy atom. The van der Waals surface area contributed by atoms with Crippen molar-refractivity contribution in [3.05, 3.63) is 0 Å². The van der Waals surface area contributed by atoms with E-state index in [2.05, 4.69) is 0 Å². The third kappa shape index (κ3) is 11.2. The van der Waals surface area contributed by atoms with Crippen LogP contribution in [-0.2, 0) is 9.22 Å². The van der Waals surface area contributed by atoms with Crippen molar-refractivity contribution in [2.75, 3.05) is 0 Å². The van der Waals surface area contributed by atoms with E-state index in [0.29, 0.717) is 0 Å². The number of hydrogen-bond donors (Lipinski definition) is 0. The van der Waals surface area contributed by atoms with Gasteiger partial charge in [-0.05, 0) is 0 Å². The first-order valence-corrected chi connectivity index (χ1v) is 9.22. The Bertz CT molecular complexity index is 170. The van der Waals surface area contributed by atoms with E-state index in [0.717, 1.165) is 0 Å². The molecule has 98 valence electrons. The molecule has 0 bridgehead atoms. The summed E-state index contributed by atoms with van der Waals surface area (Å²) in [5, 5.41) is 0. The van der Waals surface area contributed by atoms with Gasteiger partial charge in [-0.2, -0.15) is 0 Å². The first kappa shape index (κ1) is 16.7. The second kappa shape index (κ2) is 5.55. The molecule has 3 nitrogen and oxygen atoms in total. The zero-order valence-corrected chi connectivity index (χ0v) is 15.1. The van der Waals surface area contributed by atoms with Crippen molar-refractivity contribution in [2.24, 2.45) is 0 Å². The topological polar surface area (TPSA) is 27.7 Å². The van der Waals surface area contributed by atoms with E-state index in [-0.39, 0.29) is 16.8 Å². The molecule has 0 aliphatic heterocycles. The summed E-state index contributed by atoms with van der Waals surface area (Å²) in [5.41, 5.74) is -0.609. The zero-order valence-electron chi connectivity index (χ0n) is 12.2. The minimum absolute atomic E-state index is 0.203. The van der Waals surface area contributed by atoms with Gasteiger partial charge in [0.25, 0.3) is 0 Å². The molecule has 4 heteroatoms. The van der Waals surface area contributed by atoms with Crippen LogP contribution < -0.4 is 0 Å². The molecule has 0 saturated heterocycles. The normalized spacial score (nSPS) is 14.6. The molecule has 0 rings (SSSR count). The predicted molar refractivity (Wildman–Crippen MR) is 68.3 cm³/mol. The average molecular weight is 338 g/mol. The maximum absolute atomic E-state index is 5.94. The molecular formula is C12H27O3Sn-. The fourth-order valence-electron chi connectivity index (χ4n) is 0.812. The average Bonchev–Trinajstić information content (AvgIpc) is 1.70. The number of hydrogen-bond acceptors (Lipinski definition) is 3. The Hall–Kier alpha value is 0.679. The van der Waals surface area contributed by atoms with Crippen molar-refractivity contribution < 1.29 is 9.22 Å². The molecule has 0 fully saturated rings. The zero-order chi connectivity index (χ0) is 13.2. The first-order chi connectivity index (χ1) is 6.79. The second-order valence-electron chi connectivity index (χ2n) is 6.89. The molecule has 0 aromatic rings. The molecule has 0 radical (unpaired) electrons. The molecule has 0 N–H and O–H groups in total. The summed E-state index contributed by atoms with van der Waals surface area (Å²) in [6, 6.07) is 0. The van der Waals surface area contributed by atoms with E-state index >= 15 is 0 Å². The van der Waals surface area contributed by atoms with Crippen molar-refractivity contribution in [1.29, 1.82) is 0 Å². The van der Waals surface area contributed by atoms with E-state index in [1.54, 1.807) is 0 Å². The molecule has 0 atom stereocenters. The SMILES string of the molecule is CC(C)(C)[O][Sn-]([O]C(C)(C)C)[O]C(C)(C)C. The van der Waals surface area contributed by atoms with Crippen molar-refractivity contribution in [1.82, 2.24) is 0 Å². The fourth-order valence-corrected chi connectivity index (χ4v) is 5.45. The van der Waals surface area contributed by atoms with Gasteiger partial charge in [0.15, 0.2) is 0 Å². The quantitative estimate of drug-likeness (QED) is 0.738. The Kier molecular flexibility index (Phi) is 5.78. The van der Waals surface area contributed by atoms with Crippen LogP contribution in [0, 0.1) is 0 Å². The molecule has 0 aromatic heterocycles.